The number of amides is 6. The van der Waals surface area contributed by atoms with Crippen molar-refractivity contribution in [2.24, 2.45) is 11.8 Å². The van der Waals surface area contributed by atoms with Crippen molar-refractivity contribution in [2.45, 2.75) is 153 Å². The Kier molecular flexibility index (Phi) is 25.7. The van der Waals surface area contributed by atoms with Crippen LogP contribution in [0.4, 0.5) is 4.79 Å². The molecular weight excluding hydrogens is 1110 g/mol. The Morgan fingerprint density at radius 3 is 2.15 bits per heavy atom. The third-order valence-electron chi connectivity index (χ3n) is 14.6. The average Bonchev–Trinajstić information content (AvgIpc) is 4.04. The maximum Gasteiger partial charge on any atom is 0.407 e. The fourth-order valence-electron chi connectivity index (χ4n) is 10.1. The van der Waals surface area contributed by atoms with Gasteiger partial charge in [0.25, 0.3) is 0 Å². The number of carbonyl (C=O) groups excluding carboxylic acids is 8. The number of ether oxygens (including phenoxy) is 1. The van der Waals surface area contributed by atoms with Gasteiger partial charge in [-0.25, -0.2) is 9.78 Å². The second-order valence-electron chi connectivity index (χ2n) is 22.4. The van der Waals surface area contributed by atoms with Crippen molar-refractivity contribution in [2.75, 3.05) is 32.4 Å². The molecule has 5 aromatic rings. The molecule has 0 radical (unpaired) electrons. The molecule has 1 saturated heterocycles. The molecule has 3 heterocycles. The van der Waals surface area contributed by atoms with E-state index in [1.807, 2.05) is 49.4 Å². The van der Waals surface area contributed by atoms with Gasteiger partial charge in [-0.05, 0) is 118 Å². The van der Waals surface area contributed by atoms with Crippen molar-refractivity contribution in [1.82, 2.24) is 41.0 Å². The van der Waals surface area contributed by atoms with Gasteiger partial charge in [-0.1, -0.05) is 97.3 Å². The number of fused-ring (bicyclic) bond motifs is 1. The molecule has 1 fully saturated rings. The minimum Gasteiger partial charge on any atom is -0.508 e. The van der Waals surface area contributed by atoms with Gasteiger partial charge in [-0.3, -0.25) is 33.6 Å². The molecule has 19 nitrogen and oxygen atoms in total. The zero-order chi connectivity index (χ0) is 60.8. The van der Waals surface area contributed by atoms with Crippen LogP contribution in [-0.4, -0.2) is 145 Å². The van der Waals surface area contributed by atoms with Crippen LogP contribution in [0.5, 0.6) is 5.75 Å². The van der Waals surface area contributed by atoms with E-state index in [0.717, 1.165) is 28.8 Å². The number of pyridine rings is 1. The summed E-state index contributed by atoms with van der Waals surface area (Å²) in [7, 11) is 4.48. The lowest BCUT2D eigenvalue weighted by Crippen LogP contribution is -2.59. The normalized spacial score (nSPS) is 20.1. The highest BCUT2D eigenvalue weighted by Crippen LogP contribution is 2.30. The third kappa shape index (κ3) is 20.8. The number of aliphatic hydroxyl groups excluding tert-OH is 1. The summed E-state index contributed by atoms with van der Waals surface area (Å²) in [6.07, 6.45) is 2.31. The molecule has 452 valence electrons. The van der Waals surface area contributed by atoms with Crippen LogP contribution in [0.1, 0.15) is 109 Å². The van der Waals surface area contributed by atoms with E-state index in [2.05, 4.69) is 31.2 Å². The number of phenols is 1. The van der Waals surface area contributed by atoms with E-state index in [1.54, 1.807) is 91.3 Å². The molecule has 7 N–H and O–H groups in total. The largest absolute Gasteiger partial charge is 0.508 e. The van der Waals surface area contributed by atoms with Crippen LogP contribution in [0.15, 0.2) is 114 Å². The van der Waals surface area contributed by atoms with Crippen LogP contribution in [0.3, 0.4) is 0 Å². The summed E-state index contributed by atoms with van der Waals surface area (Å²) in [6, 6.07) is 22.5. The van der Waals surface area contributed by atoms with Gasteiger partial charge in [0.2, 0.25) is 29.5 Å². The first-order chi connectivity index (χ1) is 40.2. The number of carbonyl (C=O) groups is 8. The van der Waals surface area contributed by atoms with Crippen LogP contribution in [0, 0.1) is 11.8 Å². The molecule has 7 atom stereocenters. The quantitative estimate of drug-likeness (QED) is 0.0244. The molecule has 0 unspecified atom stereocenters. The minimum atomic E-state index is -1.63. The number of hydrogen-bond acceptors (Lipinski definition) is 14. The Bertz CT molecular complexity index is 2980. The van der Waals surface area contributed by atoms with Gasteiger partial charge in [-0.2, -0.15) is 0 Å². The van der Waals surface area contributed by atoms with Crippen LogP contribution >= 0.6 is 21.6 Å². The fourth-order valence-corrected chi connectivity index (χ4v) is 11.9. The van der Waals surface area contributed by atoms with E-state index in [9.17, 15) is 29.4 Å². The molecule has 0 spiro atoms. The van der Waals surface area contributed by atoms with E-state index >= 15 is 19.2 Å². The number of para-hydroxylation sites is 1. The van der Waals surface area contributed by atoms with Gasteiger partial charge in [0.05, 0.1) is 18.2 Å². The summed E-state index contributed by atoms with van der Waals surface area (Å²) in [6.45, 7) is 9.61. The number of unbranched alkanes of at least 4 members (excludes halogenated alkanes) is 2. The molecule has 3 aromatic carbocycles. The number of rotatable bonds is 23. The molecule has 0 aliphatic carbocycles. The highest BCUT2D eigenvalue weighted by atomic mass is 33.1. The lowest BCUT2D eigenvalue weighted by atomic mass is 9.87. The lowest BCUT2D eigenvalue weighted by molar-refractivity contribution is -0.144. The first-order valence-electron chi connectivity index (χ1n) is 28.9. The number of phenolic OH excluding ortho intramolecular Hbond substituents is 1. The molecule has 84 heavy (non-hydrogen) atoms. The van der Waals surface area contributed by atoms with Gasteiger partial charge in [0.1, 0.15) is 28.5 Å². The van der Waals surface area contributed by atoms with Crippen molar-refractivity contribution in [3.05, 3.63) is 126 Å². The van der Waals surface area contributed by atoms with E-state index in [0.29, 0.717) is 48.4 Å². The number of Topliss-reactive ketones (excluding diaryl/α,β-unsaturated/α-hetero) is 2. The van der Waals surface area contributed by atoms with Gasteiger partial charge in [0.15, 0.2) is 11.6 Å². The SMILES string of the molecule is CCCCN(CCSSc1ccccn1)C(=O)CC[C@H]1C(=O)C[C@@H](Cc2ccc(O)cc2)C(=O)N[C@H](Cc2c[nH]c3ccccc23)C(=O)C[C@@H](CCCCNC(=O)OC(C)(C)C)C(=O)N[C@@H]([C@@H](C)O)C(=O)N[C@@H](Cc2ccccc2)C(=O)N1C. The first kappa shape index (κ1) is 65.9. The minimum absolute atomic E-state index is 0.0217. The molecule has 2 aromatic heterocycles. The highest BCUT2D eigenvalue weighted by Gasteiger charge is 2.39. The van der Waals surface area contributed by atoms with Crippen molar-refractivity contribution in [3.63, 3.8) is 0 Å². The van der Waals surface area contributed by atoms with E-state index in [-0.39, 0.29) is 56.7 Å². The van der Waals surface area contributed by atoms with Crippen molar-refractivity contribution < 1.29 is 53.3 Å². The number of nitrogens with zero attached hydrogens (tertiary/aromatic N) is 3. The standard InChI is InChI=1S/C63H82N8O11S2/c1-7-8-32-71(33-34-83-84-55-23-15-17-30-64-55)56(76)29-28-52-54(75)39-45(35-43-24-26-47(73)27-25-43)59(78)67-50(37-46-40-66-49-22-13-12-21-48(46)49)53(74)38-44(20-14-16-31-65-62(81)82-63(3,4)5)58(77)69-57(41(2)72)60(79)68-51(61(80)70(52)6)36-42-18-10-9-11-19-42/h9-13,15,17-19,21-27,30,40-41,44-45,50-52,57,66,72-73H,7-8,14,16,20,28-29,31-39H2,1-6H3,(H,65,81)(H,67,78)(H,68,79)(H,69,77)/t41-,44-,45-,50-,51+,52+,57+/m1/s1. The highest BCUT2D eigenvalue weighted by molar-refractivity contribution is 8.76. The van der Waals surface area contributed by atoms with Crippen LogP contribution in [-0.2, 0) is 57.6 Å². The van der Waals surface area contributed by atoms with Crippen LogP contribution < -0.4 is 21.3 Å². The summed E-state index contributed by atoms with van der Waals surface area (Å²) in [5.74, 6) is -6.07. The topological polar surface area (TPSA) is 270 Å². The van der Waals surface area contributed by atoms with E-state index in [4.69, 9.17) is 4.74 Å². The van der Waals surface area contributed by atoms with Crippen LogP contribution in [0.2, 0.25) is 0 Å². The monoisotopic (exact) mass is 1190 g/mol. The van der Waals surface area contributed by atoms with E-state index < -0.39 is 102 Å². The Labute approximate surface area is 500 Å². The lowest BCUT2D eigenvalue weighted by Gasteiger charge is -2.33. The Morgan fingerprint density at radius 2 is 1.45 bits per heavy atom. The first-order valence-corrected chi connectivity index (χ1v) is 31.2. The molecule has 1 aliphatic heterocycles. The maximum absolute atomic E-state index is 15.4. The second-order valence-corrected chi connectivity index (χ2v) is 24.9. The number of H-pyrrole nitrogens is 1. The number of aromatic nitrogens is 2. The molecule has 1 aliphatic rings. The summed E-state index contributed by atoms with van der Waals surface area (Å²) >= 11 is 0. The average molecular weight is 1190 g/mol. The van der Waals surface area contributed by atoms with Crippen molar-refractivity contribution in [1.29, 1.82) is 0 Å². The van der Waals surface area contributed by atoms with Crippen LogP contribution in [0.25, 0.3) is 10.9 Å². The second kappa shape index (κ2) is 32.7. The number of alkyl carbamates (subject to hydrolysis) is 1. The van der Waals surface area contributed by atoms with Gasteiger partial charge >= 0.3 is 6.09 Å². The Morgan fingerprint density at radius 1 is 0.774 bits per heavy atom. The number of aromatic hydroxyl groups is 1. The van der Waals surface area contributed by atoms with Gasteiger partial charge in [-0.15, -0.1) is 0 Å². The predicted molar refractivity (Wildman–Crippen MR) is 326 cm³/mol. The molecule has 6 rings (SSSR count). The zero-order valence-corrected chi connectivity index (χ0v) is 50.6. The fraction of sp³-hybridized carbons (Fsp3) is 0.476. The molecular formula is C63H82N8O11S2. The number of ketones is 2. The zero-order valence-electron chi connectivity index (χ0n) is 49.0. The molecule has 0 saturated carbocycles. The number of hydrogen-bond donors (Lipinski definition) is 7. The summed E-state index contributed by atoms with van der Waals surface area (Å²) < 4.78 is 5.37. The molecule has 21 heteroatoms. The Balaban J connectivity index is 1.40. The maximum atomic E-state index is 15.4. The summed E-state index contributed by atoms with van der Waals surface area (Å²) in [4.78, 5) is 128. The van der Waals surface area contributed by atoms with Gasteiger partial charge in [0, 0.05) is 99.7 Å². The van der Waals surface area contributed by atoms with Crippen molar-refractivity contribution in [3.8, 4) is 5.75 Å². The number of nitrogens with one attached hydrogen (secondary N) is 5. The summed E-state index contributed by atoms with van der Waals surface area (Å²) in [5.41, 5.74) is 1.96. The molecule has 0 bridgehead atoms. The predicted octanol–water partition coefficient (Wildman–Crippen LogP) is 7.67. The van der Waals surface area contributed by atoms with Gasteiger partial charge < -0.3 is 51.0 Å². The molecule has 6 amide bonds. The Hall–Kier alpha value is -7.23. The number of likely N-dealkylation sites (N-methyl/N-ethyl adjacent to an activating group) is 1. The smallest absolute Gasteiger partial charge is 0.407 e. The van der Waals surface area contributed by atoms with E-state index in [1.165, 1.54) is 41.8 Å². The van der Waals surface area contributed by atoms with Crippen molar-refractivity contribution >= 4 is 79.7 Å². The number of aliphatic hydroxyl groups is 1. The summed E-state index contributed by atoms with van der Waals surface area (Å²) in [5, 5.41) is 34.3. The number of benzene rings is 3. The third-order valence-corrected chi connectivity index (χ3v) is 16.9. The number of aromatic amines is 1.